The van der Waals surface area contributed by atoms with E-state index in [0.717, 1.165) is 15.1 Å². The fraction of sp³-hybridized carbons (Fsp3) is 0.600. The maximum Gasteiger partial charge on any atom is 0.250 e. The average molecular weight is 403 g/mol. The minimum Gasteiger partial charge on any atom is -0.213 e. The number of piperidine rings is 1. The van der Waals surface area contributed by atoms with Gasteiger partial charge in [0.2, 0.25) is 20.0 Å². The first kappa shape index (κ1) is 16.4. The van der Waals surface area contributed by atoms with E-state index in [1.807, 2.05) is 0 Å². The molecular formula is C10H15BrN2O4S3. The molecular weight excluding hydrogens is 388 g/mol. The fourth-order valence-electron chi connectivity index (χ4n) is 2.02. The third-order valence-electron chi connectivity index (χ3n) is 3.06. The van der Waals surface area contributed by atoms with E-state index in [1.165, 1.54) is 10.6 Å². The van der Waals surface area contributed by atoms with E-state index in [1.54, 1.807) is 12.1 Å². The molecule has 0 unspecified atom stereocenters. The Labute approximate surface area is 131 Å². The van der Waals surface area contributed by atoms with Gasteiger partial charge in [-0.05, 0) is 40.9 Å². The number of nitrogens with zero attached hydrogens (tertiary/aromatic N) is 1. The van der Waals surface area contributed by atoms with Crippen molar-refractivity contribution in [2.75, 3.05) is 19.3 Å². The van der Waals surface area contributed by atoms with Crippen molar-refractivity contribution in [3.63, 3.8) is 0 Å². The van der Waals surface area contributed by atoms with Crippen molar-refractivity contribution in [2.24, 2.45) is 0 Å². The summed E-state index contributed by atoms with van der Waals surface area (Å²) in [5.41, 5.74) is 0. The van der Waals surface area contributed by atoms with Crippen LogP contribution in [0.4, 0.5) is 0 Å². The SMILES string of the molecule is CS(=O)(=O)N1CCC(NS(=O)(=O)c2ccc(Br)s2)CC1. The minimum absolute atomic E-state index is 0.223. The zero-order chi connectivity index (χ0) is 15.0. The Morgan fingerprint density at radius 2 is 1.85 bits per heavy atom. The van der Waals surface area contributed by atoms with E-state index < -0.39 is 20.0 Å². The smallest absolute Gasteiger partial charge is 0.213 e. The molecule has 1 aliphatic heterocycles. The van der Waals surface area contributed by atoms with Crippen LogP contribution in [0.3, 0.4) is 0 Å². The predicted molar refractivity (Wildman–Crippen MR) is 81.8 cm³/mol. The van der Waals surface area contributed by atoms with E-state index in [4.69, 9.17) is 0 Å². The zero-order valence-corrected chi connectivity index (χ0v) is 14.8. The molecule has 0 saturated carbocycles. The van der Waals surface area contributed by atoms with Gasteiger partial charge in [-0.1, -0.05) is 0 Å². The summed E-state index contributed by atoms with van der Waals surface area (Å²) in [6, 6.07) is 3.01. The van der Waals surface area contributed by atoms with Crippen molar-refractivity contribution in [3.05, 3.63) is 15.9 Å². The number of rotatable bonds is 4. The Morgan fingerprint density at radius 1 is 1.25 bits per heavy atom. The third kappa shape index (κ3) is 4.01. The first-order valence-electron chi connectivity index (χ1n) is 5.91. The van der Waals surface area contributed by atoms with Gasteiger partial charge in [-0.3, -0.25) is 0 Å². The monoisotopic (exact) mass is 402 g/mol. The number of hydrogen-bond acceptors (Lipinski definition) is 5. The number of hydrogen-bond donors (Lipinski definition) is 1. The van der Waals surface area contributed by atoms with E-state index >= 15 is 0 Å². The highest BCUT2D eigenvalue weighted by Crippen LogP contribution is 2.26. The molecule has 20 heavy (non-hydrogen) atoms. The highest BCUT2D eigenvalue weighted by Gasteiger charge is 2.28. The molecule has 0 atom stereocenters. The van der Waals surface area contributed by atoms with Crippen LogP contribution in [-0.4, -0.2) is 46.5 Å². The summed E-state index contributed by atoms with van der Waals surface area (Å²) in [5.74, 6) is 0. The van der Waals surface area contributed by atoms with Crippen LogP contribution in [0.5, 0.6) is 0 Å². The average Bonchev–Trinajstić information content (AvgIpc) is 2.76. The van der Waals surface area contributed by atoms with Crippen LogP contribution >= 0.6 is 27.3 Å². The lowest BCUT2D eigenvalue weighted by Crippen LogP contribution is -2.46. The second kappa shape index (κ2) is 6.01. The molecule has 1 fully saturated rings. The van der Waals surface area contributed by atoms with Crippen LogP contribution < -0.4 is 4.72 Å². The van der Waals surface area contributed by atoms with Crippen molar-refractivity contribution in [2.45, 2.75) is 23.1 Å². The van der Waals surface area contributed by atoms with E-state index in [0.29, 0.717) is 25.9 Å². The van der Waals surface area contributed by atoms with Crippen LogP contribution in [0.15, 0.2) is 20.1 Å². The molecule has 1 saturated heterocycles. The number of thiophene rings is 1. The van der Waals surface area contributed by atoms with E-state index in [2.05, 4.69) is 20.7 Å². The van der Waals surface area contributed by atoms with Crippen molar-refractivity contribution in [1.29, 1.82) is 0 Å². The maximum absolute atomic E-state index is 12.1. The van der Waals surface area contributed by atoms with Gasteiger partial charge < -0.3 is 0 Å². The summed E-state index contributed by atoms with van der Waals surface area (Å²) in [7, 11) is -6.71. The highest BCUT2D eigenvalue weighted by atomic mass is 79.9. The Morgan fingerprint density at radius 3 is 2.30 bits per heavy atom. The van der Waals surface area contributed by atoms with Gasteiger partial charge in [-0.2, -0.15) is 0 Å². The molecule has 10 heteroatoms. The lowest BCUT2D eigenvalue weighted by Gasteiger charge is -2.30. The van der Waals surface area contributed by atoms with Crippen LogP contribution in [0.2, 0.25) is 0 Å². The van der Waals surface area contributed by atoms with Gasteiger partial charge in [-0.25, -0.2) is 25.9 Å². The van der Waals surface area contributed by atoms with Gasteiger partial charge in [0.15, 0.2) is 0 Å². The van der Waals surface area contributed by atoms with Crippen molar-refractivity contribution in [1.82, 2.24) is 9.03 Å². The van der Waals surface area contributed by atoms with Crippen molar-refractivity contribution < 1.29 is 16.8 Å². The summed E-state index contributed by atoms with van der Waals surface area (Å²) in [6.07, 6.45) is 2.14. The molecule has 1 aromatic rings. The topological polar surface area (TPSA) is 83.6 Å². The largest absolute Gasteiger partial charge is 0.250 e. The normalized spacial score (nSPS) is 19.3. The fourth-order valence-corrected chi connectivity index (χ4v) is 6.23. The van der Waals surface area contributed by atoms with E-state index in [9.17, 15) is 16.8 Å². The molecule has 1 aliphatic rings. The Balaban J connectivity index is 1.99. The molecule has 0 amide bonds. The summed E-state index contributed by atoms with van der Waals surface area (Å²) in [5, 5.41) is 0. The summed E-state index contributed by atoms with van der Waals surface area (Å²) in [6.45, 7) is 0.695. The second-order valence-electron chi connectivity index (χ2n) is 4.62. The Kier molecular flexibility index (Phi) is 4.92. The number of nitrogens with one attached hydrogen (secondary N) is 1. The molecule has 6 nitrogen and oxygen atoms in total. The van der Waals surface area contributed by atoms with Gasteiger partial charge in [0.25, 0.3) is 0 Å². The number of sulfonamides is 2. The van der Waals surface area contributed by atoms with Gasteiger partial charge in [0.1, 0.15) is 4.21 Å². The lowest BCUT2D eigenvalue weighted by molar-refractivity contribution is 0.310. The van der Waals surface area contributed by atoms with Gasteiger partial charge in [0, 0.05) is 19.1 Å². The minimum atomic E-state index is -3.52. The third-order valence-corrected chi connectivity index (χ3v) is 8.00. The molecule has 2 rings (SSSR count). The van der Waals surface area contributed by atoms with Gasteiger partial charge in [0.05, 0.1) is 10.0 Å². The molecule has 2 heterocycles. The molecule has 0 bridgehead atoms. The van der Waals surface area contributed by atoms with Crippen LogP contribution in [0.1, 0.15) is 12.8 Å². The van der Waals surface area contributed by atoms with Crippen molar-refractivity contribution in [3.8, 4) is 0 Å². The summed E-state index contributed by atoms with van der Waals surface area (Å²) < 4.78 is 52.1. The van der Waals surface area contributed by atoms with Crippen LogP contribution in [0, 0.1) is 0 Å². The van der Waals surface area contributed by atoms with Crippen LogP contribution in [0.25, 0.3) is 0 Å². The molecule has 0 radical (unpaired) electrons. The van der Waals surface area contributed by atoms with Gasteiger partial charge in [-0.15, -0.1) is 11.3 Å². The first-order chi connectivity index (χ1) is 9.18. The second-order valence-corrected chi connectivity index (χ2v) is 11.0. The number of halogens is 1. The van der Waals surface area contributed by atoms with Crippen LogP contribution in [-0.2, 0) is 20.0 Å². The maximum atomic E-state index is 12.1. The molecule has 1 N–H and O–H groups in total. The molecule has 1 aromatic heterocycles. The Bertz CT molecular complexity index is 675. The standard InChI is InChI=1S/C10H15BrN2O4S3/c1-19(14,15)13-6-4-8(5-7-13)12-20(16,17)10-3-2-9(11)18-10/h2-3,8,12H,4-7H2,1H3. The summed E-state index contributed by atoms with van der Waals surface area (Å²) in [4.78, 5) is 0. The molecule has 0 spiro atoms. The molecule has 0 aromatic carbocycles. The predicted octanol–water partition coefficient (Wildman–Crippen LogP) is 1.21. The lowest BCUT2D eigenvalue weighted by atomic mass is 10.1. The zero-order valence-electron chi connectivity index (χ0n) is 10.7. The quantitative estimate of drug-likeness (QED) is 0.819. The molecule has 114 valence electrons. The van der Waals surface area contributed by atoms with Crippen molar-refractivity contribution >= 4 is 47.3 Å². The molecule has 0 aliphatic carbocycles. The van der Waals surface area contributed by atoms with E-state index in [-0.39, 0.29) is 10.3 Å². The summed E-state index contributed by atoms with van der Waals surface area (Å²) >= 11 is 4.38. The first-order valence-corrected chi connectivity index (χ1v) is 10.9. The van der Waals surface area contributed by atoms with Gasteiger partial charge >= 0.3 is 0 Å². The Hall–Kier alpha value is -0.0000000000000000833. The highest BCUT2D eigenvalue weighted by molar-refractivity contribution is 9.11.